The number of rotatable bonds is 7. The molecule has 2 aliphatic heterocycles. The molecule has 3 aromatic rings. The summed E-state index contributed by atoms with van der Waals surface area (Å²) in [6.45, 7) is 3.53. The van der Waals surface area contributed by atoms with E-state index in [4.69, 9.17) is 4.74 Å². The van der Waals surface area contributed by atoms with Crippen LogP contribution in [0.5, 0.6) is 5.88 Å². The molecule has 3 aromatic heterocycles. The summed E-state index contributed by atoms with van der Waals surface area (Å²) < 4.78 is 19.9. The van der Waals surface area contributed by atoms with Gasteiger partial charge in [-0.3, -0.25) is 9.78 Å². The molecule has 3 unspecified atom stereocenters. The Morgan fingerprint density at radius 2 is 2.11 bits per heavy atom. The van der Waals surface area contributed by atoms with E-state index in [0.717, 1.165) is 36.6 Å². The molecule has 2 fully saturated rings. The van der Waals surface area contributed by atoms with Crippen molar-refractivity contribution in [3.63, 3.8) is 0 Å². The molecule has 1 aliphatic carbocycles. The van der Waals surface area contributed by atoms with Gasteiger partial charge in [0, 0.05) is 43.9 Å². The van der Waals surface area contributed by atoms with E-state index < -0.39 is 0 Å². The number of methoxy groups -OCH3 is 1. The standard InChI is InChI=1S/C26H29FN6O2S.CH4/c1-35-24-7-5-21-25(32-24)17(19(27)11-29-21)8-9-33-12-15-2-4-20(18(15)13-33)28-10-16-3-6-22-26(30-16)31-23(34)14-36-22;/h3,5-7,11,15,18,20,28H,2,4,8-10,12-14H2,1H3,(H,30,31,34);1H4. The molecule has 1 saturated carbocycles. The fourth-order valence-corrected chi connectivity index (χ4v) is 6.59. The van der Waals surface area contributed by atoms with Crippen LogP contribution >= 0.6 is 11.8 Å². The van der Waals surface area contributed by atoms with Crippen molar-refractivity contribution in [2.45, 2.75) is 44.2 Å². The number of thioether (sulfide) groups is 1. The highest BCUT2D eigenvalue weighted by Gasteiger charge is 2.42. The maximum atomic E-state index is 14.7. The maximum absolute atomic E-state index is 14.7. The Balaban J connectivity index is 0.00000280. The number of ether oxygens (including phenoxy) is 1. The van der Waals surface area contributed by atoms with Crippen molar-refractivity contribution in [2.24, 2.45) is 11.8 Å². The van der Waals surface area contributed by atoms with Gasteiger partial charge in [-0.05, 0) is 49.3 Å². The lowest BCUT2D eigenvalue weighted by Crippen LogP contribution is -2.36. The molecule has 37 heavy (non-hydrogen) atoms. The van der Waals surface area contributed by atoms with Crippen LogP contribution in [0.2, 0.25) is 0 Å². The summed E-state index contributed by atoms with van der Waals surface area (Å²) in [7, 11) is 1.56. The van der Waals surface area contributed by atoms with Crippen molar-refractivity contribution >= 4 is 34.5 Å². The van der Waals surface area contributed by atoms with Gasteiger partial charge in [-0.1, -0.05) is 7.43 Å². The predicted octanol–water partition coefficient (Wildman–Crippen LogP) is 3.90. The van der Waals surface area contributed by atoms with Crippen LogP contribution in [-0.4, -0.2) is 64.3 Å². The van der Waals surface area contributed by atoms with Gasteiger partial charge >= 0.3 is 0 Å². The first-order valence-corrected chi connectivity index (χ1v) is 13.4. The highest BCUT2D eigenvalue weighted by atomic mass is 32.2. The summed E-state index contributed by atoms with van der Waals surface area (Å²) in [5, 5.41) is 6.60. The lowest BCUT2D eigenvalue weighted by Gasteiger charge is -2.22. The third-order valence-electron chi connectivity index (χ3n) is 7.64. The van der Waals surface area contributed by atoms with E-state index in [1.807, 2.05) is 18.2 Å². The second-order valence-corrected chi connectivity index (χ2v) is 10.8. The Morgan fingerprint density at radius 1 is 1.22 bits per heavy atom. The van der Waals surface area contributed by atoms with Crippen LogP contribution in [-0.2, 0) is 17.8 Å². The lowest BCUT2D eigenvalue weighted by molar-refractivity contribution is -0.113. The molecule has 0 spiro atoms. The average molecular weight is 525 g/mol. The maximum Gasteiger partial charge on any atom is 0.235 e. The predicted molar refractivity (Wildman–Crippen MR) is 143 cm³/mol. The normalized spacial score (nSPS) is 22.9. The summed E-state index contributed by atoms with van der Waals surface area (Å²) in [6.07, 6.45) is 4.25. The van der Waals surface area contributed by atoms with Crippen molar-refractivity contribution in [3.05, 3.63) is 47.5 Å². The number of likely N-dealkylation sites (tertiary alicyclic amines) is 1. The van der Waals surface area contributed by atoms with E-state index >= 15 is 0 Å². The molecule has 2 N–H and O–H groups in total. The van der Waals surface area contributed by atoms with Crippen LogP contribution in [0.15, 0.2) is 35.4 Å². The summed E-state index contributed by atoms with van der Waals surface area (Å²) in [5.74, 6) is 2.52. The van der Waals surface area contributed by atoms with Crippen LogP contribution in [0.25, 0.3) is 11.0 Å². The van der Waals surface area contributed by atoms with E-state index in [1.54, 1.807) is 13.2 Å². The zero-order valence-electron chi connectivity index (χ0n) is 20.2. The monoisotopic (exact) mass is 524 g/mol. The third-order valence-corrected chi connectivity index (χ3v) is 8.68. The number of amides is 1. The molecular formula is C27H33FN6O2S. The Morgan fingerprint density at radius 3 is 2.97 bits per heavy atom. The minimum absolute atomic E-state index is 0. The first-order chi connectivity index (χ1) is 17.6. The zero-order chi connectivity index (χ0) is 24.6. The second-order valence-electron chi connectivity index (χ2n) is 9.79. The highest BCUT2D eigenvalue weighted by molar-refractivity contribution is 8.00. The Kier molecular flexibility index (Phi) is 7.60. The smallest absolute Gasteiger partial charge is 0.235 e. The Hall–Kier alpha value is -2.82. The summed E-state index contributed by atoms with van der Waals surface area (Å²) in [5.41, 5.74) is 2.82. The molecule has 5 heterocycles. The van der Waals surface area contributed by atoms with Gasteiger partial charge in [-0.2, -0.15) is 0 Å². The van der Waals surface area contributed by atoms with E-state index in [2.05, 4.69) is 30.5 Å². The third kappa shape index (κ3) is 5.28. The summed E-state index contributed by atoms with van der Waals surface area (Å²) in [6, 6.07) is 8.10. The largest absolute Gasteiger partial charge is 0.481 e. The average Bonchev–Trinajstić information content (AvgIpc) is 3.47. The van der Waals surface area contributed by atoms with Gasteiger partial charge in [0.1, 0.15) is 11.6 Å². The molecule has 196 valence electrons. The van der Waals surface area contributed by atoms with Crippen LogP contribution in [0.3, 0.4) is 0 Å². The molecule has 0 radical (unpaired) electrons. The van der Waals surface area contributed by atoms with Gasteiger partial charge in [0.15, 0.2) is 0 Å². The number of aromatic nitrogens is 3. The molecule has 1 amide bonds. The topological polar surface area (TPSA) is 92.3 Å². The van der Waals surface area contributed by atoms with Gasteiger partial charge in [-0.25, -0.2) is 14.4 Å². The fraction of sp³-hybridized carbons (Fsp3) is 0.481. The van der Waals surface area contributed by atoms with Gasteiger partial charge < -0.3 is 20.3 Å². The fourth-order valence-electron chi connectivity index (χ4n) is 5.83. The molecule has 0 aromatic carbocycles. The first kappa shape index (κ1) is 25.8. The van der Waals surface area contributed by atoms with Gasteiger partial charge in [0.25, 0.3) is 0 Å². The van der Waals surface area contributed by atoms with Crippen LogP contribution < -0.4 is 15.4 Å². The summed E-state index contributed by atoms with van der Waals surface area (Å²) in [4.78, 5) is 28.5. The molecule has 10 heteroatoms. The van der Waals surface area contributed by atoms with E-state index in [9.17, 15) is 9.18 Å². The van der Waals surface area contributed by atoms with Crippen molar-refractivity contribution < 1.29 is 13.9 Å². The van der Waals surface area contributed by atoms with Crippen molar-refractivity contribution in [1.82, 2.24) is 25.2 Å². The second kappa shape index (κ2) is 10.9. The minimum Gasteiger partial charge on any atom is -0.481 e. The van der Waals surface area contributed by atoms with Crippen LogP contribution in [0, 0.1) is 17.7 Å². The number of halogens is 1. The Labute approximate surface area is 220 Å². The lowest BCUT2D eigenvalue weighted by atomic mass is 9.98. The van der Waals surface area contributed by atoms with Crippen molar-refractivity contribution in [1.29, 1.82) is 0 Å². The van der Waals surface area contributed by atoms with E-state index in [1.165, 1.54) is 24.4 Å². The number of hydrogen-bond donors (Lipinski definition) is 2. The number of nitrogens with zero attached hydrogens (tertiary/aromatic N) is 4. The Bertz CT molecular complexity index is 1310. The number of pyridine rings is 3. The zero-order valence-corrected chi connectivity index (χ0v) is 21.0. The first-order valence-electron chi connectivity index (χ1n) is 12.4. The molecule has 8 nitrogen and oxygen atoms in total. The molecular weight excluding hydrogens is 491 g/mol. The molecule has 3 aliphatic rings. The van der Waals surface area contributed by atoms with Gasteiger partial charge in [0.05, 0.1) is 40.7 Å². The van der Waals surface area contributed by atoms with Gasteiger partial charge in [0.2, 0.25) is 11.8 Å². The minimum atomic E-state index is -0.311. The number of nitrogens with one attached hydrogen (secondary N) is 2. The summed E-state index contributed by atoms with van der Waals surface area (Å²) >= 11 is 1.53. The number of hydrogen-bond acceptors (Lipinski definition) is 8. The number of fused-ring (bicyclic) bond motifs is 3. The van der Waals surface area contributed by atoms with E-state index in [0.29, 0.717) is 64.9 Å². The van der Waals surface area contributed by atoms with Crippen LogP contribution in [0.1, 0.15) is 31.5 Å². The number of carbonyl (C=O) groups excluding carboxylic acids is 1. The number of anilines is 1. The van der Waals surface area contributed by atoms with Crippen LogP contribution in [0.4, 0.5) is 10.2 Å². The highest BCUT2D eigenvalue weighted by Crippen LogP contribution is 2.38. The van der Waals surface area contributed by atoms with Crippen molar-refractivity contribution in [2.75, 3.05) is 37.8 Å². The molecule has 0 bridgehead atoms. The van der Waals surface area contributed by atoms with E-state index in [-0.39, 0.29) is 19.2 Å². The quantitative estimate of drug-likeness (QED) is 0.481. The van der Waals surface area contributed by atoms with Gasteiger partial charge in [-0.15, -0.1) is 11.8 Å². The number of carbonyl (C=O) groups is 1. The molecule has 6 rings (SSSR count). The molecule has 1 saturated heterocycles. The molecule has 3 atom stereocenters. The van der Waals surface area contributed by atoms with Crippen molar-refractivity contribution in [3.8, 4) is 5.88 Å². The SMILES string of the molecule is C.COc1ccc2ncc(F)c(CCN3CC4CCC(NCc5ccc6c(n5)NC(=O)CS6)C4C3)c2n1.